The van der Waals surface area contributed by atoms with Crippen LogP contribution in [0.3, 0.4) is 0 Å². The Bertz CT molecular complexity index is 1050. The number of rotatable bonds is 6. The Kier molecular flexibility index (Phi) is 6.80. The molecule has 3 aromatic rings. The predicted molar refractivity (Wildman–Crippen MR) is 110 cm³/mol. The number of anilines is 1. The number of pyridine rings is 1. The summed E-state index contributed by atoms with van der Waals surface area (Å²) in [5.41, 5.74) is 1.03. The van der Waals surface area contributed by atoms with E-state index in [0.717, 1.165) is 0 Å². The number of benzene rings is 2. The Morgan fingerprint density at radius 2 is 1.83 bits per heavy atom. The molecule has 0 spiro atoms. The summed E-state index contributed by atoms with van der Waals surface area (Å²) in [6.45, 7) is -0.381. The van der Waals surface area contributed by atoms with E-state index in [4.69, 9.17) is 23.2 Å². The number of carbonyl (C=O) groups excluding carboxylic acids is 2. The maximum atomic E-state index is 14.1. The summed E-state index contributed by atoms with van der Waals surface area (Å²) < 4.78 is 14.1. The van der Waals surface area contributed by atoms with E-state index in [1.54, 1.807) is 42.5 Å². The van der Waals surface area contributed by atoms with Gasteiger partial charge in [0, 0.05) is 34.6 Å². The van der Waals surface area contributed by atoms with Crippen molar-refractivity contribution >= 4 is 40.7 Å². The predicted octanol–water partition coefficient (Wildman–Crippen LogP) is 4.81. The van der Waals surface area contributed by atoms with Crippen LogP contribution in [0.1, 0.15) is 15.9 Å². The van der Waals surface area contributed by atoms with Gasteiger partial charge in [0.15, 0.2) is 0 Å². The molecule has 2 aromatic carbocycles. The molecular formula is C21H16Cl2FN3O2. The van der Waals surface area contributed by atoms with Crippen LogP contribution in [0, 0.1) is 5.82 Å². The highest BCUT2D eigenvalue weighted by Crippen LogP contribution is 2.17. The highest BCUT2D eigenvalue weighted by atomic mass is 35.5. The van der Waals surface area contributed by atoms with Gasteiger partial charge in [0.1, 0.15) is 17.5 Å². The molecule has 0 saturated carbocycles. The Morgan fingerprint density at radius 3 is 2.55 bits per heavy atom. The summed E-state index contributed by atoms with van der Waals surface area (Å²) in [5, 5.41) is 3.29. The van der Waals surface area contributed by atoms with Crippen molar-refractivity contribution in [3.63, 3.8) is 0 Å². The van der Waals surface area contributed by atoms with Gasteiger partial charge >= 0.3 is 0 Å². The average Bonchev–Trinajstić information content (AvgIpc) is 2.68. The summed E-state index contributed by atoms with van der Waals surface area (Å²) >= 11 is 11.8. The van der Waals surface area contributed by atoms with Gasteiger partial charge in [0.05, 0.1) is 0 Å². The third-order valence-electron chi connectivity index (χ3n) is 4.02. The van der Waals surface area contributed by atoms with E-state index >= 15 is 0 Å². The van der Waals surface area contributed by atoms with Gasteiger partial charge in [0.2, 0.25) is 5.91 Å². The van der Waals surface area contributed by atoms with Gasteiger partial charge in [-0.2, -0.15) is 0 Å². The Hall–Kier alpha value is -2.96. The van der Waals surface area contributed by atoms with Crippen LogP contribution < -0.4 is 5.32 Å². The minimum absolute atomic E-state index is 0.0889. The second-order valence-electron chi connectivity index (χ2n) is 6.18. The van der Waals surface area contributed by atoms with Crippen LogP contribution in [0.2, 0.25) is 10.2 Å². The van der Waals surface area contributed by atoms with E-state index in [1.165, 1.54) is 29.3 Å². The Morgan fingerprint density at radius 1 is 1.03 bits per heavy atom. The van der Waals surface area contributed by atoms with Gasteiger partial charge in [-0.3, -0.25) is 9.59 Å². The van der Waals surface area contributed by atoms with E-state index < -0.39 is 17.6 Å². The topological polar surface area (TPSA) is 62.3 Å². The molecule has 1 aromatic heterocycles. The first-order valence-corrected chi connectivity index (χ1v) is 9.37. The largest absolute Gasteiger partial charge is 0.325 e. The van der Waals surface area contributed by atoms with Crippen molar-refractivity contribution in [3.8, 4) is 0 Å². The second kappa shape index (κ2) is 9.49. The fourth-order valence-corrected chi connectivity index (χ4v) is 3.05. The van der Waals surface area contributed by atoms with Gasteiger partial charge in [0.25, 0.3) is 5.91 Å². The average molecular weight is 432 g/mol. The van der Waals surface area contributed by atoms with Crippen LogP contribution in [0.15, 0.2) is 66.9 Å². The maximum absolute atomic E-state index is 14.1. The summed E-state index contributed by atoms with van der Waals surface area (Å²) in [4.78, 5) is 30.6. The summed E-state index contributed by atoms with van der Waals surface area (Å²) in [6, 6.07) is 15.6. The molecule has 0 saturated heterocycles. The normalized spacial score (nSPS) is 10.4. The molecule has 1 N–H and O–H groups in total. The minimum Gasteiger partial charge on any atom is -0.325 e. The molecule has 2 amide bonds. The van der Waals surface area contributed by atoms with E-state index in [-0.39, 0.29) is 29.4 Å². The first-order chi connectivity index (χ1) is 13.9. The van der Waals surface area contributed by atoms with E-state index in [2.05, 4.69) is 10.3 Å². The second-order valence-corrected chi connectivity index (χ2v) is 7.00. The van der Waals surface area contributed by atoms with Crippen molar-refractivity contribution in [2.24, 2.45) is 0 Å². The van der Waals surface area contributed by atoms with Gasteiger partial charge in [-0.15, -0.1) is 0 Å². The van der Waals surface area contributed by atoms with Gasteiger partial charge in [-0.05, 0) is 36.4 Å². The van der Waals surface area contributed by atoms with Gasteiger partial charge < -0.3 is 10.2 Å². The molecular weight excluding hydrogens is 416 g/mol. The van der Waals surface area contributed by atoms with Crippen molar-refractivity contribution in [2.75, 3.05) is 11.9 Å². The zero-order chi connectivity index (χ0) is 20.8. The molecule has 0 unspecified atom stereocenters. The van der Waals surface area contributed by atoms with Gasteiger partial charge in [-0.1, -0.05) is 47.5 Å². The van der Waals surface area contributed by atoms with Crippen molar-refractivity contribution in [2.45, 2.75) is 6.54 Å². The van der Waals surface area contributed by atoms with E-state index in [1.807, 2.05) is 0 Å². The number of hydrogen-bond acceptors (Lipinski definition) is 3. The highest BCUT2D eigenvalue weighted by molar-refractivity contribution is 6.31. The fraction of sp³-hybridized carbons (Fsp3) is 0.0952. The molecule has 1 heterocycles. The summed E-state index contributed by atoms with van der Waals surface area (Å²) in [6.07, 6.45) is 1.39. The quantitative estimate of drug-likeness (QED) is 0.569. The molecule has 29 heavy (non-hydrogen) atoms. The third-order valence-corrected chi connectivity index (χ3v) is 4.46. The fourth-order valence-electron chi connectivity index (χ4n) is 2.69. The van der Waals surface area contributed by atoms with Crippen LogP contribution in [-0.4, -0.2) is 28.2 Å². The Labute approximate surface area is 177 Å². The van der Waals surface area contributed by atoms with Crippen molar-refractivity contribution in [1.82, 2.24) is 9.88 Å². The monoisotopic (exact) mass is 431 g/mol. The van der Waals surface area contributed by atoms with Crippen LogP contribution >= 0.6 is 23.2 Å². The van der Waals surface area contributed by atoms with Crippen LogP contribution in [0.5, 0.6) is 0 Å². The lowest BCUT2D eigenvalue weighted by atomic mass is 10.1. The molecule has 5 nitrogen and oxygen atoms in total. The number of halogens is 3. The first kappa shape index (κ1) is 20.8. The standard InChI is InChI=1S/C21H16Cl2FN3O2/c22-16-5-3-6-17(11-16)26-20(28)13-27(12-15-4-1-2-7-18(15)24)21(29)14-8-9-25-19(23)10-14/h1-11H,12-13H2,(H,26,28). The minimum atomic E-state index is -0.473. The van der Waals surface area contributed by atoms with Crippen molar-refractivity contribution in [1.29, 1.82) is 0 Å². The molecule has 0 bridgehead atoms. The molecule has 0 fully saturated rings. The molecule has 0 aliphatic rings. The number of nitrogens with zero attached hydrogens (tertiary/aromatic N) is 2. The SMILES string of the molecule is O=C(CN(Cc1ccccc1F)C(=O)c1ccnc(Cl)c1)Nc1cccc(Cl)c1. The number of amides is 2. The smallest absolute Gasteiger partial charge is 0.254 e. The lowest BCUT2D eigenvalue weighted by Gasteiger charge is -2.23. The number of hydrogen-bond donors (Lipinski definition) is 1. The molecule has 0 aliphatic heterocycles. The zero-order valence-corrected chi connectivity index (χ0v) is 16.6. The highest BCUT2D eigenvalue weighted by Gasteiger charge is 2.21. The first-order valence-electron chi connectivity index (χ1n) is 8.62. The van der Waals surface area contributed by atoms with Crippen molar-refractivity contribution < 1.29 is 14.0 Å². The molecule has 0 radical (unpaired) electrons. The number of carbonyl (C=O) groups is 2. The Balaban J connectivity index is 1.82. The summed E-state index contributed by atoms with van der Waals surface area (Å²) in [7, 11) is 0. The van der Waals surface area contributed by atoms with Crippen LogP contribution in [0.4, 0.5) is 10.1 Å². The van der Waals surface area contributed by atoms with Crippen LogP contribution in [-0.2, 0) is 11.3 Å². The lowest BCUT2D eigenvalue weighted by molar-refractivity contribution is -0.117. The lowest BCUT2D eigenvalue weighted by Crippen LogP contribution is -2.37. The number of aromatic nitrogens is 1. The third kappa shape index (κ3) is 5.76. The molecule has 8 heteroatoms. The number of nitrogens with one attached hydrogen (secondary N) is 1. The molecule has 0 atom stereocenters. The zero-order valence-electron chi connectivity index (χ0n) is 15.1. The van der Waals surface area contributed by atoms with Gasteiger partial charge in [-0.25, -0.2) is 9.37 Å². The van der Waals surface area contributed by atoms with E-state index in [9.17, 15) is 14.0 Å². The molecule has 0 aliphatic carbocycles. The molecule has 148 valence electrons. The van der Waals surface area contributed by atoms with Crippen LogP contribution in [0.25, 0.3) is 0 Å². The maximum Gasteiger partial charge on any atom is 0.254 e. The van der Waals surface area contributed by atoms with E-state index in [0.29, 0.717) is 10.7 Å². The van der Waals surface area contributed by atoms with Crippen molar-refractivity contribution in [3.05, 3.63) is 94.0 Å². The summed E-state index contributed by atoms with van der Waals surface area (Å²) in [5.74, 6) is -1.38. The molecule has 3 rings (SSSR count).